The fourth-order valence-electron chi connectivity index (χ4n) is 4.57. The molecule has 4 aromatic rings. The summed E-state index contributed by atoms with van der Waals surface area (Å²) in [5.41, 5.74) is 7.26. The number of rotatable bonds is 1. The van der Waals surface area contributed by atoms with Crippen LogP contribution in [0.4, 0.5) is 0 Å². The van der Waals surface area contributed by atoms with Gasteiger partial charge in [0.05, 0.1) is 28.8 Å². The van der Waals surface area contributed by atoms with E-state index < -0.39 is 0 Å². The molecule has 1 aromatic heterocycles. The van der Waals surface area contributed by atoms with Gasteiger partial charge in [-0.15, -0.1) is 0 Å². The van der Waals surface area contributed by atoms with Crippen molar-refractivity contribution >= 4 is 22.8 Å². The van der Waals surface area contributed by atoms with Crippen molar-refractivity contribution < 1.29 is 34.1 Å². The van der Waals surface area contributed by atoms with Gasteiger partial charge in [-0.25, -0.2) is 0 Å². The largest absolute Gasteiger partial charge is 2.00 e. The van der Waals surface area contributed by atoms with Crippen molar-refractivity contribution in [1.82, 2.24) is 8.75 Å². The first kappa shape index (κ1) is 39.0. The van der Waals surface area contributed by atoms with Gasteiger partial charge in [-0.05, 0) is 170 Å². The van der Waals surface area contributed by atoms with E-state index in [4.69, 9.17) is 0 Å². The summed E-state index contributed by atoms with van der Waals surface area (Å²) in [6.45, 7) is 0. The Kier molecular flexibility index (Phi) is 17.0. The predicted molar refractivity (Wildman–Crippen MR) is 192 cm³/mol. The van der Waals surface area contributed by atoms with E-state index in [9.17, 15) is 0 Å². The van der Waals surface area contributed by atoms with Gasteiger partial charge in [0.2, 0.25) is 0 Å². The summed E-state index contributed by atoms with van der Waals surface area (Å²) >= 11 is 1.18. The van der Waals surface area contributed by atoms with Crippen LogP contribution in [-0.2, 0) is 34.1 Å². The summed E-state index contributed by atoms with van der Waals surface area (Å²) in [7, 11) is 0. The van der Waals surface area contributed by atoms with Gasteiger partial charge in [-0.3, -0.25) is 0 Å². The molecule has 0 N–H and O–H groups in total. The molecule has 20 radical (unpaired) electrons. The van der Waals surface area contributed by atoms with Crippen LogP contribution in [0.15, 0.2) is 60.7 Å². The van der Waals surface area contributed by atoms with Crippen molar-refractivity contribution in [1.29, 1.82) is 0 Å². The number of benzene rings is 3. The smallest absolute Gasteiger partial charge is 0.172 e. The Labute approximate surface area is 320 Å². The quantitative estimate of drug-likeness (QED) is 0.147. The first-order valence-corrected chi connectivity index (χ1v) is 15.8. The molecule has 4 fully saturated rings. The molecule has 0 unspecified atom stereocenters. The summed E-state index contributed by atoms with van der Waals surface area (Å²) < 4.78 is 9.00. The predicted octanol–water partition coefficient (Wildman–Crippen LogP) is 8.04. The molecular weight excluding hydrogens is 700 g/mol. The number of hydrogen-bond acceptors (Lipinski definition) is 3. The number of fused-ring (bicyclic) bond motifs is 1. The van der Waals surface area contributed by atoms with Gasteiger partial charge in [-0.1, -0.05) is 47.7 Å². The molecule has 0 bridgehead atoms. The summed E-state index contributed by atoms with van der Waals surface area (Å²) in [5, 5.41) is 0. The third kappa shape index (κ3) is 12.2. The number of nitrogens with zero attached hydrogens (tertiary/aromatic N) is 2. The molecule has 0 atom stereocenters. The summed E-state index contributed by atoms with van der Waals surface area (Å²) in [6.07, 6.45) is 36.3. The van der Waals surface area contributed by atoms with E-state index in [-0.39, 0.29) is 34.1 Å². The standard InChI is InChI=1S/C34H18N2S.2C5H5.2Fe/c1-2-7-25(6-1)12-13-26-14-16-27(17-15-26)18-20-30-22-23-31(34-33(30)35-37-36-34)21-19-28-8-5-11-32(24-28)29-9-3-4-10-29;2*1-2-4-5-3-1;;/h1-11,14-17,22-24H;2*1-5H;;/q;;;2*+2. The molecule has 4 aliphatic rings. The van der Waals surface area contributed by atoms with Crippen LogP contribution in [0.25, 0.3) is 11.0 Å². The molecule has 0 saturated heterocycles. The van der Waals surface area contributed by atoms with Crippen LogP contribution in [0.1, 0.15) is 33.4 Å². The van der Waals surface area contributed by atoms with E-state index >= 15 is 0 Å². The monoisotopic (exact) mass is 728 g/mol. The fraction of sp³-hybridized carbons (Fsp3) is 0. The Morgan fingerprint density at radius 3 is 1.37 bits per heavy atom. The van der Waals surface area contributed by atoms with Crippen molar-refractivity contribution in [3.8, 4) is 35.5 Å². The van der Waals surface area contributed by atoms with Crippen LogP contribution in [-0.4, -0.2) is 8.75 Å². The number of hydrogen-bond donors (Lipinski definition) is 0. The van der Waals surface area contributed by atoms with Crippen LogP contribution in [0.5, 0.6) is 0 Å². The average molecular weight is 728 g/mol. The Balaban J connectivity index is 0.000000388. The van der Waals surface area contributed by atoms with Gasteiger partial charge in [0.25, 0.3) is 0 Å². The maximum absolute atomic E-state index is 4.50. The molecule has 4 aliphatic carbocycles. The van der Waals surface area contributed by atoms with Crippen LogP contribution in [0, 0.1) is 163 Å². The van der Waals surface area contributed by atoms with Gasteiger partial charge in [0.1, 0.15) is 11.0 Å². The molecule has 0 spiro atoms. The molecule has 5 heteroatoms. The Morgan fingerprint density at radius 1 is 0.408 bits per heavy atom. The van der Waals surface area contributed by atoms with Gasteiger partial charge in [0, 0.05) is 22.6 Å². The second kappa shape index (κ2) is 21.4. The Bertz CT molecular complexity index is 1750. The molecular formula is C44H28Fe2N2S+4. The third-order valence-electron chi connectivity index (χ3n) is 6.97. The van der Waals surface area contributed by atoms with E-state index in [2.05, 4.69) is 69.2 Å². The molecule has 3 aromatic carbocycles. The van der Waals surface area contributed by atoms with E-state index in [1.165, 1.54) is 17.6 Å². The first-order chi connectivity index (χ1) is 23.3. The summed E-state index contributed by atoms with van der Waals surface area (Å²) in [4.78, 5) is 0. The minimum absolute atomic E-state index is 0. The van der Waals surface area contributed by atoms with Gasteiger partial charge < -0.3 is 0 Å². The van der Waals surface area contributed by atoms with E-state index in [1.807, 2.05) is 151 Å². The maximum Gasteiger partial charge on any atom is 2.00 e. The third-order valence-corrected chi connectivity index (χ3v) is 7.50. The summed E-state index contributed by atoms with van der Waals surface area (Å²) in [6, 6.07) is 20.2. The minimum Gasteiger partial charge on any atom is -0.172 e. The van der Waals surface area contributed by atoms with Gasteiger partial charge in [-0.2, -0.15) is 8.75 Å². The van der Waals surface area contributed by atoms with Crippen molar-refractivity contribution in [2.45, 2.75) is 0 Å². The van der Waals surface area contributed by atoms with Crippen molar-refractivity contribution in [2.75, 3.05) is 0 Å². The van der Waals surface area contributed by atoms with Crippen molar-refractivity contribution in [3.63, 3.8) is 0 Å². The van der Waals surface area contributed by atoms with Crippen LogP contribution in [0.2, 0.25) is 0 Å². The molecule has 1 heterocycles. The zero-order valence-corrected chi connectivity index (χ0v) is 29.2. The molecule has 49 heavy (non-hydrogen) atoms. The number of aromatic nitrogens is 2. The molecule has 232 valence electrons. The second-order valence-corrected chi connectivity index (χ2v) is 10.8. The first-order valence-electron chi connectivity index (χ1n) is 15.1. The van der Waals surface area contributed by atoms with Crippen LogP contribution >= 0.6 is 11.7 Å². The zero-order chi connectivity index (χ0) is 31.9. The molecule has 0 aliphatic heterocycles. The van der Waals surface area contributed by atoms with Crippen molar-refractivity contribution in [2.24, 2.45) is 0 Å². The second-order valence-electron chi connectivity index (χ2n) is 10.3. The average Bonchev–Trinajstić information content (AvgIpc) is 3.97. The summed E-state index contributed by atoms with van der Waals surface area (Å²) in [5.74, 6) is 21.6. The minimum atomic E-state index is 0. The molecule has 2 nitrogen and oxygen atoms in total. The van der Waals surface area contributed by atoms with Crippen LogP contribution in [0.3, 0.4) is 0 Å². The maximum atomic E-state index is 4.50. The van der Waals surface area contributed by atoms with Crippen LogP contribution < -0.4 is 0 Å². The fourth-order valence-corrected chi connectivity index (χ4v) is 5.14. The van der Waals surface area contributed by atoms with Gasteiger partial charge in [0.15, 0.2) is 0 Å². The molecule has 0 amide bonds. The van der Waals surface area contributed by atoms with Crippen molar-refractivity contribution in [3.05, 3.63) is 221 Å². The van der Waals surface area contributed by atoms with E-state index in [1.54, 1.807) is 0 Å². The zero-order valence-electron chi connectivity index (χ0n) is 26.2. The molecule has 8 rings (SSSR count). The molecule has 4 saturated carbocycles. The SMILES string of the molecule is C(#Cc1ccc(C#Cc2ccc(C#Cc3cccc([C]4[CH][CH][CH][CH]4)c3)c3nsnc23)cc1)[C]1[CH][CH][CH][CH]1.[CH]1[CH][CH][CH][CH]1.[CH]1[CH][CH][CH][CH]1.[Fe+2].[Fe+2]. The Morgan fingerprint density at radius 2 is 0.857 bits per heavy atom. The van der Waals surface area contributed by atoms with E-state index in [0.717, 1.165) is 50.3 Å². The van der Waals surface area contributed by atoms with Gasteiger partial charge >= 0.3 is 34.1 Å². The topological polar surface area (TPSA) is 25.8 Å². The Hall–Kier alpha value is -2.80. The normalized spacial score (nSPS) is 16.6. The van der Waals surface area contributed by atoms with E-state index in [0.29, 0.717) is 0 Å².